The number of nitrogens with zero attached hydrogens (tertiary/aromatic N) is 2. The largest absolute Gasteiger partial charge is 0.396 e. The number of nitriles is 1. The molecule has 2 aromatic rings. The first kappa shape index (κ1) is 24.2. The van der Waals surface area contributed by atoms with Gasteiger partial charge in [-0.2, -0.15) is 5.26 Å². The van der Waals surface area contributed by atoms with Crippen LogP contribution in [-0.2, 0) is 14.8 Å². The van der Waals surface area contributed by atoms with Gasteiger partial charge >= 0.3 is 0 Å². The molecule has 3 N–H and O–H groups in total. The van der Waals surface area contributed by atoms with Crippen LogP contribution >= 0.6 is 0 Å². The van der Waals surface area contributed by atoms with Gasteiger partial charge in [0, 0.05) is 45.0 Å². The number of fused-ring (bicyclic) bond motifs is 1. The van der Waals surface area contributed by atoms with Crippen molar-refractivity contribution < 1.29 is 18.3 Å². The molecule has 0 spiro atoms. The fourth-order valence-electron chi connectivity index (χ4n) is 3.36. The standard InChI is InChI=1S/C23H30N4O4S/c1-18(17-28)16-26-32(29,30)23(15-24)13-19-2-3-21-14-22(5-4-20(21)12-19)25-6-7-27-8-10-31-11-9-27/h2-5,12-14,18,25-26,28H,6-11,16-17H2,1H3. The minimum atomic E-state index is -3.94. The maximum atomic E-state index is 12.4. The van der Waals surface area contributed by atoms with Crippen molar-refractivity contribution >= 4 is 32.6 Å². The summed E-state index contributed by atoms with van der Waals surface area (Å²) in [7, 11) is -3.94. The zero-order chi connectivity index (χ0) is 23.0. The highest BCUT2D eigenvalue weighted by atomic mass is 32.2. The molecule has 0 aliphatic carbocycles. The van der Waals surface area contributed by atoms with Gasteiger partial charge in [0.05, 0.1) is 13.2 Å². The van der Waals surface area contributed by atoms with Crippen molar-refractivity contribution in [1.82, 2.24) is 9.62 Å². The summed E-state index contributed by atoms with van der Waals surface area (Å²) in [6, 6.07) is 13.4. The van der Waals surface area contributed by atoms with E-state index in [-0.39, 0.29) is 24.0 Å². The first-order valence-corrected chi connectivity index (χ1v) is 12.2. The number of ether oxygens (including phenoxy) is 1. The summed E-state index contributed by atoms with van der Waals surface area (Å²) in [6.45, 7) is 6.96. The Morgan fingerprint density at radius 1 is 1.25 bits per heavy atom. The second kappa shape index (κ2) is 11.4. The lowest BCUT2D eigenvalue weighted by molar-refractivity contribution is 0.0398. The van der Waals surface area contributed by atoms with Gasteiger partial charge in [0.25, 0.3) is 10.0 Å². The van der Waals surface area contributed by atoms with Gasteiger partial charge in [-0.25, -0.2) is 13.1 Å². The first-order valence-electron chi connectivity index (χ1n) is 10.7. The maximum absolute atomic E-state index is 12.4. The number of hydrogen-bond donors (Lipinski definition) is 3. The molecule has 8 nitrogen and oxygen atoms in total. The number of aliphatic hydroxyl groups is 1. The molecule has 32 heavy (non-hydrogen) atoms. The van der Waals surface area contributed by atoms with Crippen LogP contribution in [0.4, 0.5) is 5.69 Å². The van der Waals surface area contributed by atoms with E-state index in [0.29, 0.717) is 5.56 Å². The number of morpholine rings is 1. The minimum absolute atomic E-state index is 0.0664. The summed E-state index contributed by atoms with van der Waals surface area (Å²) in [5.41, 5.74) is 1.65. The lowest BCUT2D eigenvalue weighted by Crippen LogP contribution is -2.38. The van der Waals surface area contributed by atoms with Crippen molar-refractivity contribution in [2.24, 2.45) is 5.92 Å². The van der Waals surface area contributed by atoms with Crippen LogP contribution in [0.5, 0.6) is 0 Å². The summed E-state index contributed by atoms with van der Waals surface area (Å²) < 4.78 is 32.6. The molecule has 0 saturated carbocycles. The van der Waals surface area contributed by atoms with E-state index in [1.807, 2.05) is 24.3 Å². The molecule has 1 aliphatic rings. The molecule has 1 atom stereocenters. The van der Waals surface area contributed by atoms with Crippen molar-refractivity contribution in [3.8, 4) is 6.07 Å². The monoisotopic (exact) mass is 458 g/mol. The SMILES string of the molecule is CC(CO)CNS(=O)(=O)C(C#N)=Cc1ccc2cc(NCCN3CCOCC3)ccc2c1. The Morgan fingerprint density at radius 2 is 1.97 bits per heavy atom. The second-order valence-electron chi connectivity index (χ2n) is 7.96. The Bertz CT molecular complexity index is 1090. The van der Waals surface area contributed by atoms with E-state index in [2.05, 4.69) is 21.0 Å². The Kier molecular flexibility index (Phi) is 8.61. The highest BCUT2D eigenvalue weighted by molar-refractivity contribution is 7.93. The van der Waals surface area contributed by atoms with Crippen molar-refractivity contribution in [3.63, 3.8) is 0 Å². The predicted octanol–water partition coefficient (Wildman–Crippen LogP) is 2.00. The Morgan fingerprint density at radius 3 is 2.69 bits per heavy atom. The van der Waals surface area contributed by atoms with Crippen molar-refractivity contribution in [3.05, 3.63) is 46.9 Å². The highest BCUT2D eigenvalue weighted by Crippen LogP contribution is 2.22. The van der Waals surface area contributed by atoms with Crippen molar-refractivity contribution in [2.75, 3.05) is 57.9 Å². The maximum Gasteiger partial charge on any atom is 0.250 e. The number of aliphatic hydroxyl groups excluding tert-OH is 1. The molecule has 9 heteroatoms. The Hall–Kier alpha value is -2.48. The molecule has 2 aromatic carbocycles. The van der Waals surface area contributed by atoms with E-state index < -0.39 is 10.0 Å². The lowest BCUT2D eigenvalue weighted by Gasteiger charge is -2.26. The summed E-state index contributed by atoms with van der Waals surface area (Å²) in [4.78, 5) is 2.01. The number of rotatable bonds is 10. The topological polar surface area (TPSA) is 115 Å². The fraction of sp³-hybridized carbons (Fsp3) is 0.435. The quantitative estimate of drug-likeness (QED) is 0.467. The van der Waals surface area contributed by atoms with Crippen LogP contribution in [0.15, 0.2) is 41.3 Å². The average Bonchev–Trinajstić information content (AvgIpc) is 2.81. The zero-order valence-electron chi connectivity index (χ0n) is 18.3. The molecule has 1 fully saturated rings. The van der Waals surface area contributed by atoms with E-state index >= 15 is 0 Å². The fourth-order valence-corrected chi connectivity index (χ4v) is 4.43. The number of hydrogen-bond acceptors (Lipinski definition) is 7. The van der Waals surface area contributed by atoms with Crippen LogP contribution in [0, 0.1) is 17.2 Å². The number of benzene rings is 2. The van der Waals surface area contributed by atoms with Crippen LogP contribution in [-0.4, -0.2) is 71.0 Å². The molecule has 0 bridgehead atoms. The van der Waals surface area contributed by atoms with Gasteiger partial charge < -0.3 is 15.2 Å². The van der Waals surface area contributed by atoms with Crippen LogP contribution in [0.3, 0.4) is 0 Å². The summed E-state index contributed by atoms with van der Waals surface area (Å²) >= 11 is 0. The summed E-state index contributed by atoms with van der Waals surface area (Å²) in [5.74, 6) is -0.234. The van der Waals surface area contributed by atoms with Gasteiger partial charge in [-0.15, -0.1) is 0 Å². The normalized spacial score (nSPS) is 16.6. The van der Waals surface area contributed by atoms with Gasteiger partial charge in [-0.1, -0.05) is 25.1 Å². The van der Waals surface area contributed by atoms with Gasteiger partial charge in [0.1, 0.15) is 6.07 Å². The van der Waals surface area contributed by atoms with Crippen LogP contribution in [0.25, 0.3) is 16.8 Å². The Labute approximate surface area is 189 Å². The smallest absolute Gasteiger partial charge is 0.250 e. The highest BCUT2D eigenvalue weighted by Gasteiger charge is 2.18. The number of nitrogens with one attached hydrogen (secondary N) is 2. The van der Waals surface area contributed by atoms with Crippen molar-refractivity contribution in [1.29, 1.82) is 5.26 Å². The number of anilines is 1. The van der Waals surface area contributed by atoms with Crippen LogP contribution in [0.2, 0.25) is 0 Å². The van der Waals surface area contributed by atoms with Gasteiger partial charge in [0.2, 0.25) is 0 Å². The Balaban J connectivity index is 1.67. The van der Waals surface area contributed by atoms with E-state index in [1.54, 1.807) is 19.1 Å². The zero-order valence-corrected chi connectivity index (χ0v) is 19.1. The summed E-state index contributed by atoms with van der Waals surface area (Å²) in [5, 5.41) is 23.9. The van der Waals surface area contributed by atoms with Crippen molar-refractivity contribution in [2.45, 2.75) is 6.92 Å². The lowest BCUT2D eigenvalue weighted by atomic mass is 10.1. The third-order valence-electron chi connectivity index (χ3n) is 5.36. The molecule has 1 saturated heterocycles. The van der Waals surface area contributed by atoms with E-state index in [4.69, 9.17) is 9.84 Å². The van der Waals surface area contributed by atoms with Crippen LogP contribution in [0.1, 0.15) is 12.5 Å². The molecule has 0 radical (unpaired) electrons. The molecular weight excluding hydrogens is 428 g/mol. The molecule has 172 valence electrons. The van der Waals surface area contributed by atoms with Gasteiger partial charge in [-0.3, -0.25) is 4.90 Å². The molecule has 3 rings (SSSR count). The minimum Gasteiger partial charge on any atom is -0.396 e. The molecule has 0 amide bonds. The predicted molar refractivity (Wildman–Crippen MR) is 126 cm³/mol. The molecule has 0 aromatic heterocycles. The average molecular weight is 459 g/mol. The second-order valence-corrected chi connectivity index (χ2v) is 9.70. The molecular formula is C23H30N4O4S. The van der Waals surface area contributed by atoms with E-state index in [0.717, 1.165) is 55.9 Å². The number of sulfonamides is 1. The molecule has 1 heterocycles. The van der Waals surface area contributed by atoms with E-state index in [1.165, 1.54) is 6.08 Å². The van der Waals surface area contributed by atoms with E-state index in [9.17, 15) is 13.7 Å². The van der Waals surface area contributed by atoms with Gasteiger partial charge in [-0.05, 0) is 46.5 Å². The first-order chi connectivity index (χ1) is 15.4. The molecule has 1 aliphatic heterocycles. The number of allylic oxidation sites excluding steroid dienone is 1. The van der Waals surface area contributed by atoms with Crippen LogP contribution < -0.4 is 10.0 Å². The summed E-state index contributed by atoms with van der Waals surface area (Å²) in [6.07, 6.45) is 1.36. The molecule has 1 unspecified atom stereocenters. The third kappa shape index (κ3) is 6.76. The third-order valence-corrected chi connectivity index (χ3v) is 6.69. The van der Waals surface area contributed by atoms with Gasteiger partial charge in [0.15, 0.2) is 4.91 Å².